The van der Waals surface area contributed by atoms with E-state index in [9.17, 15) is 0 Å². The van der Waals surface area contributed by atoms with Crippen LogP contribution in [0.4, 0.5) is 0 Å². The second kappa shape index (κ2) is 8.04. The summed E-state index contributed by atoms with van der Waals surface area (Å²) in [7, 11) is 0. The summed E-state index contributed by atoms with van der Waals surface area (Å²) in [4.78, 5) is 5.33. The highest BCUT2D eigenvalue weighted by Gasteiger charge is 2.31. The van der Waals surface area contributed by atoms with Crippen molar-refractivity contribution in [3.05, 3.63) is 0 Å². The number of nitrogens with zero attached hydrogens (tertiary/aromatic N) is 2. The zero-order valence-electron chi connectivity index (χ0n) is 14.3. The zero-order valence-corrected chi connectivity index (χ0v) is 14.3. The van der Waals surface area contributed by atoms with Crippen LogP contribution in [0.1, 0.15) is 13.8 Å². The Labute approximate surface area is 135 Å². The van der Waals surface area contributed by atoms with Crippen LogP contribution >= 0.6 is 0 Å². The van der Waals surface area contributed by atoms with Crippen LogP contribution in [-0.4, -0.2) is 99.4 Å². The fourth-order valence-electron chi connectivity index (χ4n) is 4.09. The number of nitrogens with one attached hydrogen (secondary N) is 4. The van der Waals surface area contributed by atoms with Crippen molar-refractivity contribution in [1.29, 1.82) is 0 Å². The highest BCUT2D eigenvalue weighted by molar-refractivity contribution is 4.91. The predicted octanol–water partition coefficient (Wildman–Crippen LogP) is -1.50. The van der Waals surface area contributed by atoms with Crippen LogP contribution in [0.2, 0.25) is 0 Å². The maximum Gasteiger partial charge on any atom is 0.0346 e. The molecule has 128 valence electrons. The minimum absolute atomic E-state index is 0.599. The molecule has 3 aliphatic rings. The minimum Gasteiger partial charge on any atom is -0.314 e. The molecular weight excluding hydrogens is 276 g/mol. The Kier molecular flexibility index (Phi) is 6.07. The first-order valence-electron chi connectivity index (χ1n) is 9.12. The minimum atomic E-state index is 0.599. The molecule has 6 heteroatoms. The summed E-state index contributed by atoms with van der Waals surface area (Å²) in [5.41, 5.74) is 0. The van der Waals surface area contributed by atoms with E-state index in [0.717, 1.165) is 39.3 Å². The van der Waals surface area contributed by atoms with E-state index in [1.807, 2.05) is 0 Å². The van der Waals surface area contributed by atoms with Gasteiger partial charge in [-0.15, -0.1) is 0 Å². The predicted molar refractivity (Wildman–Crippen MR) is 91.4 cm³/mol. The molecular formula is C16H34N6. The lowest BCUT2D eigenvalue weighted by Gasteiger charge is -2.45. The molecule has 4 unspecified atom stereocenters. The fraction of sp³-hybridized carbons (Fsp3) is 1.00. The van der Waals surface area contributed by atoms with Crippen molar-refractivity contribution < 1.29 is 0 Å². The standard InChI is InChI=1S/C16H34N6/c1-13(15-11-17-3-5-19-15)21-7-9-22(10-8-21)14(2)16-12-18-4-6-20-16/h13-20H,3-12H2,1-2H3. The van der Waals surface area contributed by atoms with Crippen LogP contribution in [0.15, 0.2) is 0 Å². The topological polar surface area (TPSA) is 54.6 Å². The summed E-state index contributed by atoms with van der Waals surface area (Å²) >= 11 is 0. The third-order valence-corrected chi connectivity index (χ3v) is 5.81. The zero-order chi connectivity index (χ0) is 15.4. The molecule has 0 spiro atoms. The van der Waals surface area contributed by atoms with Gasteiger partial charge in [0, 0.05) is 89.6 Å². The summed E-state index contributed by atoms with van der Waals surface area (Å²) in [6.07, 6.45) is 0. The van der Waals surface area contributed by atoms with Crippen molar-refractivity contribution in [3.8, 4) is 0 Å². The van der Waals surface area contributed by atoms with Crippen molar-refractivity contribution in [2.24, 2.45) is 0 Å². The van der Waals surface area contributed by atoms with E-state index >= 15 is 0 Å². The lowest BCUT2D eigenvalue weighted by molar-refractivity contribution is 0.0519. The molecule has 22 heavy (non-hydrogen) atoms. The van der Waals surface area contributed by atoms with Crippen LogP contribution in [-0.2, 0) is 0 Å². The molecule has 3 rings (SSSR count). The van der Waals surface area contributed by atoms with Gasteiger partial charge >= 0.3 is 0 Å². The van der Waals surface area contributed by atoms with E-state index in [0.29, 0.717) is 24.2 Å². The maximum absolute atomic E-state index is 3.67. The molecule has 0 aromatic rings. The largest absolute Gasteiger partial charge is 0.314 e. The average Bonchev–Trinajstić information content (AvgIpc) is 2.62. The Morgan fingerprint density at radius 1 is 0.682 bits per heavy atom. The van der Waals surface area contributed by atoms with Crippen molar-refractivity contribution in [2.45, 2.75) is 38.0 Å². The van der Waals surface area contributed by atoms with E-state index in [-0.39, 0.29) is 0 Å². The Hall–Kier alpha value is -0.240. The van der Waals surface area contributed by atoms with Crippen LogP contribution in [0.3, 0.4) is 0 Å². The van der Waals surface area contributed by atoms with Crippen LogP contribution in [0, 0.1) is 0 Å². The summed E-state index contributed by atoms with van der Waals surface area (Å²) in [6.45, 7) is 16.2. The SMILES string of the molecule is CC(C1CNCCN1)N1CCN(C(C)C2CNCCN2)CC1. The van der Waals surface area contributed by atoms with Crippen molar-refractivity contribution in [1.82, 2.24) is 31.1 Å². The van der Waals surface area contributed by atoms with Gasteiger partial charge in [0.2, 0.25) is 0 Å². The van der Waals surface area contributed by atoms with Crippen LogP contribution < -0.4 is 21.3 Å². The molecule has 4 atom stereocenters. The first kappa shape index (κ1) is 16.6. The monoisotopic (exact) mass is 310 g/mol. The lowest BCUT2D eigenvalue weighted by atomic mass is 10.0. The Morgan fingerprint density at radius 3 is 1.41 bits per heavy atom. The van der Waals surface area contributed by atoms with Crippen molar-refractivity contribution in [3.63, 3.8) is 0 Å². The summed E-state index contributed by atoms with van der Waals surface area (Å²) in [6, 6.07) is 2.45. The highest BCUT2D eigenvalue weighted by atomic mass is 15.3. The molecule has 0 saturated carbocycles. The highest BCUT2D eigenvalue weighted by Crippen LogP contribution is 2.14. The van der Waals surface area contributed by atoms with E-state index in [2.05, 4.69) is 44.9 Å². The molecule has 0 amide bonds. The number of rotatable bonds is 4. The average molecular weight is 310 g/mol. The lowest BCUT2D eigenvalue weighted by Crippen LogP contribution is -2.63. The summed E-state index contributed by atoms with van der Waals surface area (Å²) < 4.78 is 0. The van der Waals surface area contributed by atoms with Gasteiger partial charge in [-0.25, -0.2) is 0 Å². The number of hydrogen-bond donors (Lipinski definition) is 4. The smallest absolute Gasteiger partial charge is 0.0346 e. The Balaban J connectivity index is 1.45. The number of piperazine rings is 3. The molecule has 4 N–H and O–H groups in total. The Bertz CT molecular complexity index is 287. The fourth-order valence-corrected chi connectivity index (χ4v) is 4.09. The molecule has 0 bridgehead atoms. The van der Waals surface area contributed by atoms with Gasteiger partial charge in [0.25, 0.3) is 0 Å². The van der Waals surface area contributed by atoms with E-state index in [4.69, 9.17) is 0 Å². The van der Waals surface area contributed by atoms with Gasteiger partial charge in [-0.2, -0.15) is 0 Å². The van der Waals surface area contributed by atoms with E-state index in [1.54, 1.807) is 0 Å². The molecule has 6 nitrogen and oxygen atoms in total. The second-order valence-electron chi connectivity index (χ2n) is 7.08. The van der Waals surface area contributed by atoms with Gasteiger partial charge < -0.3 is 21.3 Å². The first-order chi connectivity index (χ1) is 10.8. The Morgan fingerprint density at radius 2 is 1.09 bits per heavy atom. The van der Waals surface area contributed by atoms with Gasteiger partial charge in [-0.1, -0.05) is 0 Å². The normalized spacial score (nSPS) is 35.2. The third kappa shape index (κ3) is 3.99. The quantitative estimate of drug-likeness (QED) is 0.507. The van der Waals surface area contributed by atoms with E-state index < -0.39 is 0 Å². The second-order valence-corrected chi connectivity index (χ2v) is 7.08. The summed E-state index contributed by atoms with van der Waals surface area (Å²) in [5.74, 6) is 0. The maximum atomic E-state index is 3.67. The molecule has 3 heterocycles. The molecule has 0 radical (unpaired) electrons. The van der Waals surface area contributed by atoms with Crippen LogP contribution in [0.25, 0.3) is 0 Å². The van der Waals surface area contributed by atoms with Gasteiger partial charge in [-0.05, 0) is 13.8 Å². The van der Waals surface area contributed by atoms with Crippen molar-refractivity contribution >= 4 is 0 Å². The molecule has 3 aliphatic heterocycles. The molecule has 3 fully saturated rings. The molecule has 3 saturated heterocycles. The van der Waals surface area contributed by atoms with Crippen molar-refractivity contribution in [2.75, 3.05) is 65.4 Å². The van der Waals surface area contributed by atoms with Gasteiger partial charge in [0.1, 0.15) is 0 Å². The first-order valence-corrected chi connectivity index (χ1v) is 9.12. The third-order valence-electron chi connectivity index (χ3n) is 5.81. The van der Waals surface area contributed by atoms with Gasteiger partial charge in [0.05, 0.1) is 0 Å². The molecule has 0 aromatic carbocycles. The molecule has 0 aromatic heterocycles. The van der Waals surface area contributed by atoms with Crippen LogP contribution in [0.5, 0.6) is 0 Å². The number of hydrogen-bond acceptors (Lipinski definition) is 6. The van der Waals surface area contributed by atoms with Gasteiger partial charge in [-0.3, -0.25) is 9.80 Å². The molecule has 0 aliphatic carbocycles. The summed E-state index contributed by atoms with van der Waals surface area (Å²) in [5, 5.41) is 14.4. The van der Waals surface area contributed by atoms with E-state index in [1.165, 1.54) is 26.2 Å². The van der Waals surface area contributed by atoms with Gasteiger partial charge in [0.15, 0.2) is 0 Å².